The maximum absolute atomic E-state index is 13.0. The van der Waals surface area contributed by atoms with Crippen molar-refractivity contribution in [1.29, 1.82) is 0 Å². The number of halogens is 3. The zero-order valence-electron chi connectivity index (χ0n) is 13.3. The Balaban J connectivity index is 0.00000288. The summed E-state index contributed by atoms with van der Waals surface area (Å²) in [6, 6.07) is 1.94. The number of carbonyl (C=O) groups is 1. The van der Waals surface area contributed by atoms with Gasteiger partial charge in [-0.3, -0.25) is 4.79 Å². The molecule has 1 aromatic carbocycles. The number of hydrogen-bond donors (Lipinski definition) is 1. The maximum atomic E-state index is 13.0. The molecule has 0 aromatic heterocycles. The molecule has 3 nitrogen and oxygen atoms in total. The van der Waals surface area contributed by atoms with Crippen LogP contribution < -0.4 is 10.1 Å². The minimum Gasteiger partial charge on any atom is -0.496 e. The minimum atomic E-state index is -4.48. The first-order valence-electron chi connectivity index (χ1n) is 7.42. The van der Waals surface area contributed by atoms with Gasteiger partial charge >= 0.3 is 6.18 Å². The van der Waals surface area contributed by atoms with E-state index in [-0.39, 0.29) is 31.0 Å². The predicted molar refractivity (Wildman–Crippen MR) is 88.3 cm³/mol. The van der Waals surface area contributed by atoms with Crippen molar-refractivity contribution < 1.29 is 25.6 Å². The van der Waals surface area contributed by atoms with Crippen molar-refractivity contribution in [1.82, 2.24) is 5.32 Å². The zero-order chi connectivity index (χ0) is 17.2. The number of nitrogens with one attached hydrogen (secondary N) is 1. The summed E-state index contributed by atoms with van der Waals surface area (Å²) in [6.07, 6.45) is 0.150. The van der Waals surface area contributed by atoms with Gasteiger partial charge in [0.2, 0.25) is 0 Å². The van der Waals surface area contributed by atoms with Crippen molar-refractivity contribution >= 4 is 17.7 Å². The largest absolute Gasteiger partial charge is 0.496 e. The second-order valence-corrected chi connectivity index (χ2v) is 6.59. The number of benzene rings is 1. The van der Waals surface area contributed by atoms with Crippen molar-refractivity contribution in [2.24, 2.45) is 5.92 Å². The highest BCUT2D eigenvalue weighted by molar-refractivity contribution is 7.98. The van der Waals surface area contributed by atoms with E-state index in [9.17, 15) is 18.0 Å². The van der Waals surface area contributed by atoms with Crippen LogP contribution in [0.2, 0.25) is 0 Å². The molecule has 1 saturated carbocycles. The van der Waals surface area contributed by atoms with E-state index < -0.39 is 11.7 Å². The number of hydrogen-bond acceptors (Lipinski definition) is 3. The number of rotatable bonds is 4. The van der Waals surface area contributed by atoms with Crippen LogP contribution in [0.3, 0.4) is 0 Å². The van der Waals surface area contributed by atoms with E-state index in [1.54, 1.807) is 6.26 Å². The molecule has 132 valence electrons. The van der Waals surface area contributed by atoms with Gasteiger partial charge < -0.3 is 10.1 Å². The first kappa shape index (κ1) is 18.0. The highest BCUT2D eigenvalue weighted by Gasteiger charge is 2.34. The Kier molecular flexibility index (Phi) is 5.49. The molecule has 7 heteroatoms. The number of alkyl halides is 3. The van der Waals surface area contributed by atoms with Gasteiger partial charge in [-0.2, -0.15) is 13.2 Å². The second kappa shape index (κ2) is 7.03. The summed E-state index contributed by atoms with van der Waals surface area (Å²) in [5.74, 6) is -0.0527. The van der Waals surface area contributed by atoms with E-state index in [0.717, 1.165) is 43.2 Å². The number of ether oxygens (including phenoxy) is 1. The normalized spacial score (nSPS) is 21.3. The average Bonchev–Trinajstić information content (AvgIpc) is 2.89. The third-order valence-electron chi connectivity index (χ3n) is 4.24. The fraction of sp³-hybridized carbons (Fsp3) is 0.562. The van der Waals surface area contributed by atoms with Crippen molar-refractivity contribution in [2.75, 3.05) is 13.4 Å². The van der Waals surface area contributed by atoms with Gasteiger partial charge in [0.1, 0.15) is 5.75 Å². The van der Waals surface area contributed by atoms with Gasteiger partial charge in [-0.1, -0.05) is 13.3 Å². The standard InChI is InChI=1S/C16H20F3NO2S.2H2/c1-9-5-4-6-11(9)20-15(21)14-12(22-2)7-10(16(17,18)19)8-13(14)23-3;;/h7-9,11H,4-6H2,1-3H3,(H,20,21);2*1H/t9-,11+;;/m1../s1. The third-order valence-corrected chi connectivity index (χ3v) is 5.00. The maximum Gasteiger partial charge on any atom is 0.416 e. The molecule has 0 heterocycles. The quantitative estimate of drug-likeness (QED) is 0.789. The van der Waals surface area contributed by atoms with Crippen LogP contribution in [0.4, 0.5) is 13.2 Å². The Morgan fingerprint density at radius 3 is 2.57 bits per heavy atom. The Morgan fingerprint density at radius 1 is 1.39 bits per heavy atom. The first-order valence-corrected chi connectivity index (χ1v) is 8.64. The molecule has 2 atom stereocenters. The third kappa shape index (κ3) is 3.94. The summed E-state index contributed by atoms with van der Waals surface area (Å²) >= 11 is 1.10. The molecule has 1 aliphatic rings. The van der Waals surface area contributed by atoms with Crippen LogP contribution in [0.1, 0.15) is 45.0 Å². The molecule has 0 saturated heterocycles. The van der Waals surface area contributed by atoms with Crippen molar-refractivity contribution in [3.8, 4) is 5.75 Å². The molecule has 1 aromatic rings. The number of methoxy groups -OCH3 is 1. The fourth-order valence-corrected chi connectivity index (χ4v) is 3.54. The van der Waals surface area contributed by atoms with Gasteiger partial charge in [-0.05, 0) is 37.1 Å². The second-order valence-electron chi connectivity index (χ2n) is 5.74. The highest BCUT2D eigenvalue weighted by atomic mass is 32.2. The molecule has 2 rings (SSSR count). The van der Waals surface area contributed by atoms with Gasteiger partial charge in [-0.25, -0.2) is 0 Å². The van der Waals surface area contributed by atoms with Crippen molar-refractivity contribution in [2.45, 2.75) is 43.3 Å². The van der Waals surface area contributed by atoms with E-state index in [1.165, 1.54) is 7.11 Å². The Hall–Kier alpha value is -1.37. The molecule has 0 bridgehead atoms. The summed E-state index contributed by atoms with van der Waals surface area (Å²) in [5.41, 5.74) is -0.642. The van der Waals surface area contributed by atoms with E-state index in [0.29, 0.717) is 5.92 Å². The van der Waals surface area contributed by atoms with Crippen molar-refractivity contribution in [3.63, 3.8) is 0 Å². The fourth-order valence-electron chi connectivity index (χ4n) is 2.90. The molecule has 1 amide bonds. The van der Waals surface area contributed by atoms with Gasteiger partial charge in [0.05, 0.1) is 18.2 Å². The molecule has 23 heavy (non-hydrogen) atoms. The smallest absolute Gasteiger partial charge is 0.416 e. The summed E-state index contributed by atoms with van der Waals surface area (Å²) in [6.45, 7) is 2.07. The van der Waals surface area contributed by atoms with Crippen LogP contribution in [0.25, 0.3) is 0 Å². The lowest BCUT2D eigenvalue weighted by Crippen LogP contribution is -2.36. The van der Waals surface area contributed by atoms with Gasteiger partial charge in [0, 0.05) is 13.8 Å². The van der Waals surface area contributed by atoms with Gasteiger partial charge in [0.25, 0.3) is 5.91 Å². The van der Waals surface area contributed by atoms with Crippen LogP contribution in [0.5, 0.6) is 5.75 Å². The van der Waals surface area contributed by atoms with Crippen LogP contribution in [0.15, 0.2) is 17.0 Å². The molecule has 1 N–H and O–H groups in total. The van der Waals surface area contributed by atoms with E-state index in [2.05, 4.69) is 12.2 Å². The predicted octanol–water partition coefficient (Wildman–Crippen LogP) is 4.85. The van der Waals surface area contributed by atoms with Crippen molar-refractivity contribution in [3.05, 3.63) is 23.3 Å². The highest BCUT2D eigenvalue weighted by Crippen LogP contribution is 2.38. The summed E-state index contributed by atoms with van der Waals surface area (Å²) in [5, 5.41) is 2.94. The molecule has 0 spiro atoms. The van der Waals surface area contributed by atoms with Crippen LogP contribution in [0, 0.1) is 5.92 Å². The lowest BCUT2D eigenvalue weighted by molar-refractivity contribution is -0.137. The van der Waals surface area contributed by atoms with Gasteiger partial charge in [0.15, 0.2) is 0 Å². The summed E-state index contributed by atoms with van der Waals surface area (Å²) in [4.78, 5) is 12.8. The molecule has 1 fully saturated rings. The van der Waals surface area contributed by atoms with Crippen LogP contribution >= 0.6 is 11.8 Å². The zero-order valence-corrected chi connectivity index (χ0v) is 14.1. The number of carbonyl (C=O) groups excluding carboxylic acids is 1. The van der Waals surface area contributed by atoms with E-state index in [1.807, 2.05) is 0 Å². The average molecular weight is 351 g/mol. The molecule has 0 aliphatic heterocycles. The monoisotopic (exact) mass is 351 g/mol. The van der Waals surface area contributed by atoms with E-state index >= 15 is 0 Å². The SMILES string of the molecule is COc1cc(C(F)(F)F)cc(SC)c1C(=O)N[C@H]1CCC[C@H]1C.[HH].[HH]. The molecule has 0 radical (unpaired) electrons. The summed E-state index contributed by atoms with van der Waals surface area (Å²) in [7, 11) is 1.27. The molecule has 1 aliphatic carbocycles. The lowest BCUT2D eigenvalue weighted by Gasteiger charge is -2.20. The van der Waals surface area contributed by atoms with Crippen LogP contribution in [-0.4, -0.2) is 25.3 Å². The van der Waals surface area contributed by atoms with Crippen LogP contribution in [-0.2, 0) is 6.18 Å². The molecular formula is C16H24F3NO2S. The lowest BCUT2D eigenvalue weighted by atomic mass is 10.0. The number of amides is 1. The number of thioether (sulfide) groups is 1. The molecule has 0 unspecified atom stereocenters. The summed E-state index contributed by atoms with van der Waals surface area (Å²) < 4.78 is 44.0. The molecular weight excluding hydrogens is 327 g/mol. The Bertz CT molecular complexity index is 574. The Labute approximate surface area is 140 Å². The van der Waals surface area contributed by atoms with E-state index in [4.69, 9.17) is 4.74 Å². The topological polar surface area (TPSA) is 38.3 Å². The Morgan fingerprint density at radius 2 is 2.09 bits per heavy atom. The first-order chi connectivity index (χ1) is 10.8. The minimum absolute atomic E-state index is 0. The van der Waals surface area contributed by atoms with Gasteiger partial charge in [-0.15, -0.1) is 11.8 Å².